The van der Waals surface area contributed by atoms with Crippen LogP contribution in [0.4, 0.5) is 4.39 Å². The molecule has 2 aromatic heterocycles. The summed E-state index contributed by atoms with van der Waals surface area (Å²) in [4.78, 5) is 21.3. The summed E-state index contributed by atoms with van der Waals surface area (Å²) in [5.41, 5.74) is 2.61. The number of ether oxygens (including phenoxy) is 1. The molecule has 0 aliphatic carbocycles. The molecule has 1 amide bonds. The Morgan fingerprint density at radius 1 is 1.28 bits per heavy atom. The fourth-order valence-corrected chi connectivity index (χ4v) is 3.66. The van der Waals surface area contributed by atoms with Crippen LogP contribution in [0.25, 0.3) is 11.2 Å². The molecule has 1 aliphatic heterocycles. The third-order valence-electron chi connectivity index (χ3n) is 5.19. The highest BCUT2D eigenvalue weighted by Gasteiger charge is 2.16. The summed E-state index contributed by atoms with van der Waals surface area (Å²) in [6.07, 6.45) is 5.80. The van der Waals surface area contributed by atoms with Gasteiger partial charge in [-0.1, -0.05) is 12.1 Å². The number of amides is 1. The standard InChI is InChI=1S/C22H25FN4O2/c23-17-10-8-16(9-11-17)15-27-20(26-19-5-2-12-24-22(19)27)6-1-7-21(28)25-14-18-4-3-13-29-18/h2,5,8-12,18H,1,3-4,6-7,13-15H2,(H,25,28)/t18-/m1/s1. The molecule has 1 N–H and O–H groups in total. The number of nitrogens with one attached hydrogen (secondary N) is 1. The van der Waals surface area contributed by atoms with Crippen molar-refractivity contribution in [2.45, 2.75) is 44.8 Å². The second-order valence-electron chi connectivity index (χ2n) is 7.38. The van der Waals surface area contributed by atoms with Crippen LogP contribution in [0.1, 0.15) is 37.1 Å². The van der Waals surface area contributed by atoms with Crippen molar-refractivity contribution in [1.29, 1.82) is 0 Å². The third kappa shape index (κ3) is 4.98. The number of halogens is 1. The van der Waals surface area contributed by atoms with Crippen molar-refractivity contribution in [3.8, 4) is 0 Å². The molecule has 0 saturated carbocycles. The number of carbonyl (C=O) groups is 1. The molecule has 1 aliphatic rings. The van der Waals surface area contributed by atoms with Crippen LogP contribution in [0, 0.1) is 5.82 Å². The summed E-state index contributed by atoms with van der Waals surface area (Å²) in [7, 11) is 0. The predicted molar refractivity (Wildman–Crippen MR) is 108 cm³/mol. The van der Waals surface area contributed by atoms with Crippen LogP contribution >= 0.6 is 0 Å². The van der Waals surface area contributed by atoms with E-state index in [0.717, 1.165) is 42.0 Å². The van der Waals surface area contributed by atoms with E-state index in [9.17, 15) is 9.18 Å². The first-order valence-corrected chi connectivity index (χ1v) is 10.1. The van der Waals surface area contributed by atoms with Crippen molar-refractivity contribution in [3.05, 3.63) is 59.8 Å². The Bertz CT molecular complexity index is 965. The van der Waals surface area contributed by atoms with Gasteiger partial charge in [-0.3, -0.25) is 4.79 Å². The third-order valence-corrected chi connectivity index (χ3v) is 5.19. The van der Waals surface area contributed by atoms with E-state index in [2.05, 4.69) is 10.3 Å². The van der Waals surface area contributed by atoms with Crippen LogP contribution in [0.2, 0.25) is 0 Å². The average Bonchev–Trinajstić information content (AvgIpc) is 3.37. The number of nitrogens with zero attached hydrogens (tertiary/aromatic N) is 3. The second-order valence-corrected chi connectivity index (χ2v) is 7.38. The Labute approximate surface area is 169 Å². The number of benzene rings is 1. The van der Waals surface area contributed by atoms with Gasteiger partial charge in [-0.15, -0.1) is 0 Å². The maximum atomic E-state index is 13.2. The molecule has 1 aromatic carbocycles. The topological polar surface area (TPSA) is 69.0 Å². The minimum Gasteiger partial charge on any atom is -0.376 e. The van der Waals surface area contributed by atoms with Crippen LogP contribution < -0.4 is 5.32 Å². The number of carbonyl (C=O) groups excluding carboxylic acids is 1. The Balaban J connectivity index is 1.39. The van der Waals surface area contributed by atoms with Gasteiger partial charge in [0.2, 0.25) is 5.91 Å². The normalized spacial score (nSPS) is 16.4. The van der Waals surface area contributed by atoms with Gasteiger partial charge in [-0.2, -0.15) is 0 Å². The SMILES string of the molecule is O=C(CCCc1nc2cccnc2n1Cc1ccc(F)cc1)NC[C@H]1CCCO1. The molecule has 0 bridgehead atoms. The predicted octanol–water partition coefficient (Wildman–Crippen LogP) is 3.24. The zero-order valence-electron chi connectivity index (χ0n) is 16.3. The van der Waals surface area contributed by atoms with Gasteiger partial charge in [-0.05, 0) is 49.1 Å². The maximum Gasteiger partial charge on any atom is 0.220 e. The molecule has 6 nitrogen and oxygen atoms in total. The van der Waals surface area contributed by atoms with Crippen molar-refractivity contribution in [3.63, 3.8) is 0 Å². The fraction of sp³-hybridized carbons (Fsp3) is 0.409. The van der Waals surface area contributed by atoms with Gasteiger partial charge in [0.1, 0.15) is 17.2 Å². The van der Waals surface area contributed by atoms with Crippen LogP contribution in [-0.2, 0) is 22.5 Å². The van der Waals surface area contributed by atoms with Gasteiger partial charge >= 0.3 is 0 Å². The molecular weight excluding hydrogens is 371 g/mol. The molecule has 152 valence electrons. The van der Waals surface area contributed by atoms with Crippen molar-refractivity contribution >= 4 is 17.1 Å². The maximum absolute atomic E-state index is 13.2. The Morgan fingerprint density at radius 2 is 2.14 bits per heavy atom. The molecule has 1 atom stereocenters. The van der Waals surface area contributed by atoms with E-state index in [-0.39, 0.29) is 17.8 Å². The number of hydrogen-bond donors (Lipinski definition) is 1. The lowest BCUT2D eigenvalue weighted by atomic mass is 10.2. The number of aryl methyl sites for hydroxylation is 1. The molecular formula is C22H25FN4O2. The van der Waals surface area contributed by atoms with E-state index >= 15 is 0 Å². The lowest BCUT2D eigenvalue weighted by Gasteiger charge is -2.11. The van der Waals surface area contributed by atoms with E-state index in [4.69, 9.17) is 9.72 Å². The van der Waals surface area contributed by atoms with Gasteiger partial charge in [-0.25, -0.2) is 14.4 Å². The monoisotopic (exact) mass is 396 g/mol. The first kappa shape index (κ1) is 19.5. The highest BCUT2D eigenvalue weighted by Crippen LogP contribution is 2.18. The van der Waals surface area contributed by atoms with Crippen LogP contribution in [-0.4, -0.2) is 39.7 Å². The summed E-state index contributed by atoms with van der Waals surface area (Å²) in [6, 6.07) is 10.2. The largest absolute Gasteiger partial charge is 0.376 e. The average molecular weight is 396 g/mol. The molecule has 29 heavy (non-hydrogen) atoms. The quantitative estimate of drug-likeness (QED) is 0.635. The Kier molecular flexibility index (Phi) is 6.14. The lowest BCUT2D eigenvalue weighted by Crippen LogP contribution is -2.31. The van der Waals surface area contributed by atoms with E-state index in [0.29, 0.717) is 32.4 Å². The minimum absolute atomic E-state index is 0.0415. The van der Waals surface area contributed by atoms with E-state index in [1.54, 1.807) is 18.3 Å². The van der Waals surface area contributed by atoms with Gasteiger partial charge in [0.25, 0.3) is 0 Å². The lowest BCUT2D eigenvalue weighted by molar-refractivity contribution is -0.121. The molecule has 0 radical (unpaired) electrons. The number of pyridine rings is 1. The number of fused-ring (bicyclic) bond motifs is 1. The fourth-order valence-electron chi connectivity index (χ4n) is 3.66. The van der Waals surface area contributed by atoms with E-state index < -0.39 is 0 Å². The van der Waals surface area contributed by atoms with Crippen LogP contribution in [0.5, 0.6) is 0 Å². The second kappa shape index (κ2) is 9.13. The van der Waals surface area contributed by atoms with E-state index in [1.807, 2.05) is 16.7 Å². The molecule has 4 rings (SSSR count). The zero-order valence-corrected chi connectivity index (χ0v) is 16.3. The van der Waals surface area contributed by atoms with Gasteiger partial charge < -0.3 is 14.6 Å². The molecule has 7 heteroatoms. The van der Waals surface area contributed by atoms with Crippen LogP contribution in [0.15, 0.2) is 42.6 Å². The highest BCUT2D eigenvalue weighted by molar-refractivity contribution is 5.76. The molecule has 0 spiro atoms. The number of imidazole rings is 1. The number of aromatic nitrogens is 3. The molecule has 0 unspecified atom stereocenters. The van der Waals surface area contributed by atoms with Crippen LogP contribution in [0.3, 0.4) is 0 Å². The molecule has 3 heterocycles. The highest BCUT2D eigenvalue weighted by atomic mass is 19.1. The van der Waals surface area contributed by atoms with E-state index in [1.165, 1.54) is 12.1 Å². The first-order chi connectivity index (χ1) is 14.2. The summed E-state index contributed by atoms with van der Waals surface area (Å²) in [5.74, 6) is 0.673. The summed E-state index contributed by atoms with van der Waals surface area (Å²) >= 11 is 0. The number of rotatable bonds is 8. The van der Waals surface area contributed by atoms with Gasteiger partial charge in [0.15, 0.2) is 5.65 Å². The summed E-state index contributed by atoms with van der Waals surface area (Å²) in [5, 5.41) is 2.96. The summed E-state index contributed by atoms with van der Waals surface area (Å²) < 4.78 is 20.8. The minimum atomic E-state index is -0.253. The molecule has 1 saturated heterocycles. The summed E-state index contributed by atoms with van der Waals surface area (Å²) in [6.45, 7) is 1.94. The van der Waals surface area contributed by atoms with Gasteiger partial charge in [0.05, 0.1) is 12.6 Å². The Hall–Kier alpha value is -2.80. The van der Waals surface area contributed by atoms with Crippen molar-refractivity contribution in [2.75, 3.05) is 13.2 Å². The van der Waals surface area contributed by atoms with Crippen molar-refractivity contribution in [2.24, 2.45) is 0 Å². The molecule has 3 aromatic rings. The Morgan fingerprint density at radius 3 is 2.93 bits per heavy atom. The first-order valence-electron chi connectivity index (χ1n) is 10.1. The zero-order chi connectivity index (χ0) is 20.1. The van der Waals surface area contributed by atoms with Gasteiger partial charge in [0, 0.05) is 32.2 Å². The number of hydrogen-bond acceptors (Lipinski definition) is 4. The van der Waals surface area contributed by atoms with Crippen molar-refractivity contribution < 1.29 is 13.9 Å². The molecule has 1 fully saturated rings. The van der Waals surface area contributed by atoms with Crippen molar-refractivity contribution in [1.82, 2.24) is 19.9 Å². The smallest absolute Gasteiger partial charge is 0.220 e.